The Balaban J connectivity index is 1.10. The van der Waals surface area contributed by atoms with Gasteiger partial charge in [-0.2, -0.15) is 5.26 Å². The molecule has 4 aromatic rings. The monoisotopic (exact) mass is 658 g/mol. The molecule has 0 N–H and O–H groups in total. The van der Waals surface area contributed by atoms with Crippen LogP contribution in [0.4, 0.5) is 0 Å². The summed E-state index contributed by atoms with van der Waals surface area (Å²) in [5.74, 6) is -1.61. The lowest BCUT2D eigenvalue weighted by Gasteiger charge is -2.12. The van der Waals surface area contributed by atoms with Crippen LogP contribution in [0.3, 0.4) is 0 Å². The van der Waals surface area contributed by atoms with Crippen LogP contribution in [-0.4, -0.2) is 41.8 Å². The van der Waals surface area contributed by atoms with E-state index in [1.807, 2.05) is 42.5 Å². The summed E-state index contributed by atoms with van der Waals surface area (Å²) in [6, 6.07) is 26.8. The fraction of sp³-hybridized carbons (Fsp3) is 0.275. The maximum atomic E-state index is 13.0. The lowest BCUT2D eigenvalue weighted by molar-refractivity contribution is -0.134. The van der Waals surface area contributed by atoms with Crippen LogP contribution in [0.15, 0.2) is 91.0 Å². The lowest BCUT2D eigenvalue weighted by Crippen LogP contribution is -2.36. The van der Waals surface area contributed by atoms with Gasteiger partial charge < -0.3 is 14.2 Å². The maximum Gasteiger partial charge on any atom is 0.343 e. The van der Waals surface area contributed by atoms with Gasteiger partial charge in [0.2, 0.25) is 0 Å². The minimum absolute atomic E-state index is 0.00815. The number of carbonyl (C=O) groups is 4. The molecular weight excluding hydrogens is 620 g/mol. The number of ether oxygens (including phenoxy) is 3. The molecule has 9 nitrogen and oxygen atoms in total. The molecule has 0 bridgehead atoms. The first kappa shape index (κ1) is 34.6. The van der Waals surface area contributed by atoms with Gasteiger partial charge in [0.05, 0.1) is 34.9 Å². The molecule has 250 valence electrons. The van der Waals surface area contributed by atoms with Crippen molar-refractivity contribution in [3.05, 3.63) is 113 Å². The second kappa shape index (κ2) is 16.9. The number of carbonyl (C=O) groups excluding carboxylic acids is 4. The summed E-state index contributed by atoms with van der Waals surface area (Å²) in [5, 5.41) is 8.91. The van der Waals surface area contributed by atoms with Crippen LogP contribution in [0.25, 0.3) is 11.1 Å². The minimum Gasteiger partial charge on any atom is -0.494 e. The number of nitriles is 1. The van der Waals surface area contributed by atoms with E-state index in [4.69, 9.17) is 19.5 Å². The van der Waals surface area contributed by atoms with Gasteiger partial charge in [-0.15, -0.1) is 0 Å². The average Bonchev–Trinajstić information content (AvgIpc) is 3.35. The van der Waals surface area contributed by atoms with Gasteiger partial charge in [0, 0.05) is 0 Å². The highest BCUT2D eigenvalue weighted by Crippen LogP contribution is 2.27. The van der Waals surface area contributed by atoms with Gasteiger partial charge in [0.25, 0.3) is 11.8 Å². The third-order valence-electron chi connectivity index (χ3n) is 8.23. The fourth-order valence-corrected chi connectivity index (χ4v) is 5.50. The Morgan fingerprint density at radius 2 is 1.20 bits per heavy atom. The molecule has 2 amide bonds. The summed E-state index contributed by atoms with van der Waals surface area (Å²) in [6.45, 7) is 2.32. The van der Waals surface area contributed by atoms with E-state index in [0.29, 0.717) is 17.9 Å². The molecule has 49 heavy (non-hydrogen) atoms. The molecule has 1 heterocycles. The maximum absolute atomic E-state index is 13.0. The lowest BCUT2D eigenvalue weighted by atomic mass is 10.1. The van der Waals surface area contributed by atoms with Gasteiger partial charge in [-0.1, -0.05) is 76.1 Å². The van der Waals surface area contributed by atoms with Gasteiger partial charge >= 0.3 is 11.9 Å². The Kier molecular flexibility index (Phi) is 11.9. The Labute approximate surface area is 286 Å². The van der Waals surface area contributed by atoms with E-state index in [1.165, 1.54) is 87.4 Å². The van der Waals surface area contributed by atoms with Crippen LogP contribution < -0.4 is 14.2 Å². The number of fused-ring (bicyclic) bond motifs is 1. The highest BCUT2D eigenvalue weighted by molar-refractivity contribution is 6.22. The molecule has 0 spiro atoms. The molecule has 0 radical (unpaired) electrons. The third-order valence-corrected chi connectivity index (χ3v) is 8.23. The summed E-state index contributed by atoms with van der Waals surface area (Å²) in [7, 11) is 0. The van der Waals surface area contributed by atoms with Crippen LogP contribution in [0.2, 0.25) is 0 Å². The molecule has 0 unspecified atom stereocenters. The van der Waals surface area contributed by atoms with Crippen molar-refractivity contribution in [2.75, 3.05) is 13.2 Å². The van der Waals surface area contributed by atoms with Crippen molar-refractivity contribution in [3.63, 3.8) is 0 Å². The number of hydrogen-bond donors (Lipinski definition) is 0. The number of amides is 2. The van der Waals surface area contributed by atoms with Gasteiger partial charge in [-0.05, 0) is 84.3 Å². The molecule has 1 aliphatic heterocycles. The number of rotatable bonds is 16. The first-order chi connectivity index (χ1) is 23.9. The van der Waals surface area contributed by atoms with Crippen LogP contribution in [0.1, 0.15) is 94.9 Å². The number of nitrogens with zero attached hydrogens (tertiary/aromatic N) is 2. The minimum atomic E-state index is -0.833. The predicted molar refractivity (Wildman–Crippen MR) is 184 cm³/mol. The van der Waals surface area contributed by atoms with Gasteiger partial charge in [-0.3, -0.25) is 14.5 Å². The quantitative estimate of drug-likeness (QED) is 0.0511. The zero-order valence-electron chi connectivity index (χ0n) is 27.5. The molecule has 5 rings (SSSR count). The summed E-state index contributed by atoms with van der Waals surface area (Å²) in [4.78, 5) is 52.1. The molecule has 4 aromatic carbocycles. The van der Waals surface area contributed by atoms with Gasteiger partial charge in [-0.25, -0.2) is 9.59 Å². The van der Waals surface area contributed by atoms with Crippen LogP contribution in [-0.2, 0) is 4.79 Å². The topological polar surface area (TPSA) is 123 Å². The Morgan fingerprint density at radius 1 is 0.653 bits per heavy atom. The molecule has 0 saturated carbocycles. The normalized spacial score (nSPS) is 12.0. The van der Waals surface area contributed by atoms with E-state index < -0.39 is 30.3 Å². The number of imide groups is 1. The highest BCUT2D eigenvalue weighted by Gasteiger charge is 2.37. The van der Waals surface area contributed by atoms with Crippen molar-refractivity contribution in [3.8, 4) is 34.4 Å². The molecule has 0 fully saturated rings. The smallest absolute Gasteiger partial charge is 0.343 e. The van der Waals surface area contributed by atoms with Crippen molar-refractivity contribution in [2.45, 2.75) is 58.3 Å². The first-order valence-corrected chi connectivity index (χ1v) is 16.6. The molecule has 0 atom stereocenters. The van der Waals surface area contributed by atoms with Crippen molar-refractivity contribution in [1.29, 1.82) is 5.26 Å². The number of unbranched alkanes of at least 4 members (excludes halogenated alkanes) is 7. The number of benzene rings is 4. The molecule has 0 saturated heterocycles. The number of hydrogen-bond acceptors (Lipinski definition) is 8. The molecule has 0 aliphatic carbocycles. The van der Waals surface area contributed by atoms with Crippen molar-refractivity contribution in [1.82, 2.24) is 4.90 Å². The van der Waals surface area contributed by atoms with E-state index in [9.17, 15) is 19.2 Å². The van der Waals surface area contributed by atoms with Crippen LogP contribution in [0, 0.1) is 11.3 Å². The summed E-state index contributed by atoms with van der Waals surface area (Å²) >= 11 is 0. The fourth-order valence-electron chi connectivity index (χ4n) is 5.50. The standard InChI is InChI=1S/C40H38N2O7/c1-2-3-4-5-6-7-8-9-24-47-32-19-12-29(13-20-32)30-14-21-34(22-15-30)49-40(46)31-16-23-35-36(25-31)39(45)42(38(35)44)27-37(43)48-33-17-10-28(26-41)11-18-33/h10-23,25H,2-9,24,27H2,1H3. The largest absolute Gasteiger partial charge is 0.494 e. The van der Waals surface area contributed by atoms with Crippen molar-refractivity contribution >= 4 is 23.8 Å². The average molecular weight is 659 g/mol. The van der Waals surface area contributed by atoms with Gasteiger partial charge in [0.15, 0.2) is 0 Å². The molecular formula is C40H38N2O7. The Bertz CT molecular complexity index is 1820. The molecule has 1 aliphatic rings. The second-order valence-electron chi connectivity index (χ2n) is 11.8. The van der Waals surface area contributed by atoms with E-state index >= 15 is 0 Å². The van der Waals surface area contributed by atoms with E-state index in [0.717, 1.165) is 28.2 Å². The highest BCUT2D eigenvalue weighted by atomic mass is 16.5. The molecule has 0 aromatic heterocycles. The van der Waals surface area contributed by atoms with Gasteiger partial charge in [0.1, 0.15) is 23.8 Å². The van der Waals surface area contributed by atoms with E-state index in [2.05, 4.69) is 6.92 Å². The molecule has 9 heteroatoms. The van der Waals surface area contributed by atoms with Crippen molar-refractivity contribution < 1.29 is 33.4 Å². The zero-order valence-corrected chi connectivity index (χ0v) is 27.5. The summed E-state index contributed by atoms with van der Waals surface area (Å²) < 4.78 is 16.7. The number of esters is 2. The van der Waals surface area contributed by atoms with E-state index in [-0.39, 0.29) is 22.4 Å². The second-order valence-corrected chi connectivity index (χ2v) is 11.8. The summed E-state index contributed by atoms with van der Waals surface area (Å²) in [6.07, 6.45) is 10.1. The van der Waals surface area contributed by atoms with Crippen LogP contribution >= 0.6 is 0 Å². The van der Waals surface area contributed by atoms with E-state index in [1.54, 1.807) is 12.1 Å². The predicted octanol–water partition coefficient (Wildman–Crippen LogP) is 8.17. The first-order valence-electron chi connectivity index (χ1n) is 16.6. The summed E-state index contributed by atoms with van der Waals surface area (Å²) in [5.41, 5.74) is 2.46. The Morgan fingerprint density at radius 3 is 1.84 bits per heavy atom. The third kappa shape index (κ3) is 9.20. The van der Waals surface area contributed by atoms with Crippen molar-refractivity contribution in [2.24, 2.45) is 0 Å². The Hall–Kier alpha value is -5.75. The zero-order chi connectivity index (χ0) is 34.6. The SMILES string of the molecule is CCCCCCCCCCOc1ccc(-c2ccc(OC(=O)c3ccc4c(c3)C(=O)N(CC(=O)Oc3ccc(C#N)cc3)C4=O)cc2)cc1. The van der Waals surface area contributed by atoms with Crippen LogP contribution in [0.5, 0.6) is 17.2 Å².